The van der Waals surface area contributed by atoms with Gasteiger partial charge < -0.3 is 19.5 Å². The van der Waals surface area contributed by atoms with Gasteiger partial charge in [-0.05, 0) is 43.9 Å². The first-order chi connectivity index (χ1) is 15.0. The molecule has 0 saturated carbocycles. The number of carbonyl (C=O) groups is 2. The van der Waals surface area contributed by atoms with E-state index in [4.69, 9.17) is 9.72 Å². The summed E-state index contributed by atoms with van der Waals surface area (Å²) in [4.78, 5) is 48.7. The summed E-state index contributed by atoms with van der Waals surface area (Å²) >= 11 is 0. The molecule has 1 fully saturated rings. The van der Waals surface area contributed by atoms with Crippen LogP contribution >= 0.6 is 0 Å². The average Bonchev–Trinajstić information content (AvgIpc) is 3.27. The molecule has 0 bridgehead atoms. The molecule has 2 aromatic rings. The fourth-order valence-corrected chi connectivity index (χ4v) is 4.31. The van der Waals surface area contributed by atoms with E-state index in [1.807, 2.05) is 31.2 Å². The van der Waals surface area contributed by atoms with Crippen LogP contribution in [0.5, 0.6) is 0 Å². The molecule has 2 aliphatic rings. The lowest BCUT2D eigenvalue weighted by Crippen LogP contribution is -2.39. The molecule has 0 spiro atoms. The Kier molecular flexibility index (Phi) is 6.18. The maximum absolute atomic E-state index is 13.2. The minimum absolute atomic E-state index is 0.0280. The molecule has 1 unspecified atom stereocenters. The third kappa shape index (κ3) is 4.39. The van der Waals surface area contributed by atoms with Gasteiger partial charge in [-0.2, -0.15) is 0 Å². The van der Waals surface area contributed by atoms with E-state index >= 15 is 0 Å². The van der Waals surface area contributed by atoms with Gasteiger partial charge in [0.2, 0.25) is 5.91 Å². The predicted molar refractivity (Wildman–Crippen MR) is 114 cm³/mol. The van der Waals surface area contributed by atoms with E-state index in [1.165, 1.54) is 6.92 Å². The van der Waals surface area contributed by atoms with Crippen LogP contribution in [0.25, 0.3) is 0 Å². The molecular formula is C23H28N4O4. The number of hydrogen-bond acceptors (Lipinski definition) is 5. The summed E-state index contributed by atoms with van der Waals surface area (Å²) in [6, 6.07) is 7.17. The Morgan fingerprint density at radius 1 is 1.23 bits per heavy atom. The minimum Gasteiger partial charge on any atom is -0.377 e. The first-order valence-corrected chi connectivity index (χ1v) is 10.8. The fraction of sp³-hybridized carbons (Fsp3) is 0.478. The summed E-state index contributed by atoms with van der Waals surface area (Å²) in [6.07, 6.45) is 2.09. The highest BCUT2D eigenvalue weighted by molar-refractivity contribution is 5.94. The van der Waals surface area contributed by atoms with Crippen LogP contribution in [0, 0.1) is 0 Å². The average molecular weight is 425 g/mol. The first kappa shape index (κ1) is 21.2. The Morgan fingerprint density at radius 3 is 2.71 bits per heavy atom. The molecule has 1 aromatic carbocycles. The van der Waals surface area contributed by atoms with Gasteiger partial charge in [0.25, 0.3) is 11.5 Å². The number of amides is 2. The van der Waals surface area contributed by atoms with E-state index in [9.17, 15) is 14.4 Å². The third-order valence-electron chi connectivity index (χ3n) is 6.04. The van der Waals surface area contributed by atoms with Crippen LogP contribution in [0.1, 0.15) is 65.7 Å². The van der Waals surface area contributed by atoms with Crippen molar-refractivity contribution in [3.8, 4) is 0 Å². The lowest BCUT2D eigenvalue weighted by molar-refractivity contribution is -0.129. The topological polar surface area (TPSA) is 95.6 Å². The largest absolute Gasteiger partial charge is 0.377 e. The Labute approximate surface area is 181 Å². The zero-order chi connectivity index (χ0) is 22.0. The maximum Gasteiger partial charge on any atom is 0.254 e. The van der Waals surface area contributed by atoms with E-state index in [2.05, 4.69) is 4.98 Å². The van der Waals surface area contributed by atoms with Gasteiger partial charge in [-0.1, -0.05) is 12.1 Å². The molecule has 1 aromatic heterocycles. The number of ether oxygens (including phenoxy) is 1. The van der Waals surface area contributed by atoms with Crippen LogP contribution < -0.4 is 5.56 Å². The van der Waals surface area contributed by atoms with Gasteiger partial charge in [0.05, 0.1) is 24.9 Å². The second-order valence-corrected chi connectivity index (χ2v) is 8.06. The van der Waals surface area contributed by atoms with Gasteiger partial charge in [-0.3, -0.25) is 14.4 Å². The number of H-pyrrole nitrogens is 1. The Morgan fingerprint density at radius 2 is 2.00 bits per heavy atom. The van der Waals surface area contributed by atoms with Crippen molar-refractivity contribution >= 4 is 11.8 Å². The molecule has 0 radical (unpaired) electrons. The molecule has 8 nitrogen and oxygen atoms in total. The second-order valence-electron chi connectivity index (χ2n) is 8.06. The molecule has 1 N–H and O–H groups in total. The molecule has 1 atom stereocenters. The Bertz CT molecular complexity index is 1030. The smallest absolute Gasteiger partial charge is 0.254 e. The van der Waals surface area contributed by atoms with Crippen molar-refractivity contribution in [1.82, 2.24) is 19.8 Å². The van der Waals surface area contributed by atoms with Crippen molar-refractivity contribution in [1.29, 1.82) is 0 Å². The van der Waals surface area contributed by atoms with Gasteiger partial charge in [0.1, 0.15) is 5.82 Å². The number of fused-ring (bicyclic) bond motifs is 1. The summed E-state index contributed by atoms with van der Waals surface area (Å²) in [5.74, 6) is 0.406. The lowest BCUT2D eigenvalue weighted by Gasteiger charge is -2.29. The van der Waals surface area contributed by atoms with Crippen LogP contribution in [0.4, 0.5) is 0 Å². The highest BCUT2D eigenvalue weighted by atomic mass is 16.5. The van der Waals surface area contributed by atoms with Gasteiger partial charge >= 0.3 is 0 Å². The lowest BCUT2D eigenvalue weighted by atomic mass is 10.1. The number of benzene rings is 1. The predicted octanol–water partition coefficient (Wildman–Crippen LogP) is 2.19. The van der Waals surface area contributed by atoms with Gasteiger partial charge in [-0.15, -0.1) is 0 Å². The number of nitrogens with one attached hydrogen (secondary N) is 1. The fourth-order valence-electron chi connectivity index (χ4n) is 4.31. The van der Waals surface area contributed by atoms with Crippen LogP contribution in [0.15, 0.2) is 29.1 Å². The molecule has 1 saturated heterocycles. The zero-order valence-corrected chi connectivity index (χ0v) is 18.0. The number of aromatic nitrogens is 2. The van der Waals surface area contributed by atoms with Gasteiger partial charge in [-0.25, -0.2) is 4.98 Å². The number of likely N-dealkylation sites (tertiary alicyclic amines) is 1. The minimum atomic E-state index is -0.277. The molecular weight excluding hydrogens is 396 g/mol. The van der Waals surface area contributed by atoms with Crippen LogP contribution in [0.3, 0.4) is 0 Å². The van der Waals surface area contributed by atoms with Crippen LogP contribution in [-0.2, 0) is 29.1 Å². The number of aromatic amines is 1. The number of hydrogen-bond donors (Lipinski definition) is 1. The standard InChI is InChI=1S/C23H28N4O4/c1-3-31-14-16-6-8-17(9-7-16)23(30)27-11-4-5-20(27)21-24-19-13-26(15(2)28)12-10-18(19)22(29)25-21/h6-9,20H,3-5,10-14H2,1-2H3,(H,24,25,29). The number of carbonyl (C=O) groups excluding carboxylic acids is 2. The number of rotatable bonds is 5. The normalized spacial score (nSPS) is 18.2. The summed E-state index contributed by atoms with van der Waals surface area (Å²) in [5, 5.41) is 0. The molecule has 0 aliphatic carbocycles. The van der Waals surface area contributed by atoms with E-state index in [0.29, 0.717) is 61.9 Å². The summed E-state index contributed by atoms with van der Waals surface area (Å²) < 4.78 is 5.41. The summed E-state index contributed by atoms with van der Waals surface area (Å²) in [5.41, 5.74) is 2.74. The quantitative estimate of drug-likeness (QED) is 0.794. The van der Waals surface area contributed by atoms with Crippen molar-refractivity contribution < 1.29 is 14.3 Å². The molecule has 8 heteroatoms. The monoisotopic (exact) mass is 424 g/mol. The van der Waals surface area contributed by atoms with Crippen LogP contribution in [0.2, 0.25) is 0 Å². The first-order valence-electron chi connectivity index (χ1n) is 10.8. The Balaban J connectivity index is 1.56. The SMILES string of the molecule is CCOCc1ccc(C(=O)N2CCCC2c2nc3c(c(=O)[nH]2)CCN(C(C)=O)C3)cc1. The van der Waals surface area contributed by atoms with E-state index in [0.717, 1.165) is 18.4 Å². The van der Waals surface area contributed by atoms with E-state index in [-0.39, 0.29) is 23.4 Å². The van der Waals surface area contributed by atoms with Crippen molar-refractivity contribution in [2.45, 2.75) is 52.3 Å². The summed E-state index contributed by atoms with van der Waals surface area (Å²) in [6.45, 7) is 6.12. The van der Waals surface area contributed by atoms with Crippen molar-refractivity contribution in [2.75, 3.05) is 19.7 Å². The van der Waals surface area contributed by atoms with E-state index in [1.54, 1.807) is 9.80 Å². The molecule has 31 heavy (non-hydrogen) atoms. The van der Waals surface area contributed by atoms with Crippen molar-refractivity contribution in [3.05, 3.63) is 62.8 Å². The molecule has 164 valence electrons. The second kappa shape index (κ2) is 9.01. The highest BCUT2D eigenvalue weighted by Crippen LogP contribution is 2.31. The molecule has 2 amide bonds. The summed E-state index contributed by atoms with van der Waals surface area (Å²) in [7, 11) is 0. The Hall–Kier alpha value is -3.00. The molecule has 3 heterocycles. The van der Waals surface area contributed by atoms with Crippen molar-refractivity contribution in [2.24, 2.45) is 0 Å². The van der Waals surface area contributed by atoms with E-state index < -0.39 is 0 Å². The van der Waals surface area contributed by atoms with Crippen LogP contribution in [-0.4, -0.2) is 51.3 Å². The molecule has 4 rings (SSSR count). The maximum atomic E-state index is 13.2. The molecule has 2 aliphatic heterocycles. The van der Waals surface area contributed by atoms with Crippen molar-refractivity contribution in [3.63, 3.8) is 0 Å². The number of nitrogens with zero attached hydrogens (tertiary/aromatic N) is 3. The zero-order valence-electron chi connectivity index (χ0n) is 18.0. The third-order valence-corrected chi connectivity index (χ3v) is 6.04. The highest BCUT2D eigenvalue weighted by Gasteiger charge is 2.33. The van der Waals surface area contributed by atoms with Gasteiger partial charge in [0.15, 0.2) is 0 Å². The van der Waals surface area contributed by atoms with Gasteiger partial charge in [0, 0.05) is 37.7 Å².